The highest BCUT2D eigenvalue weighted by atomic mass is 32.2. The average molecular weight is 663 g/mol. The summed E-state index contributed by atoms with van der Waals surface area (Å²) >= 11 is 0. The van der Waals surface area contributed by atoms with Gasteiger partial charge in [-0.05, 0) is 22.3 Å². The highest BCUT2D eigenvalue weighted by Crippen LogP contribution is 2.18. The van der Waals surface area contributed by atoms with Gasteiger partial charge >= 0.3 is 11.9 Å². The van der Waals surface area contributed by atoms with Gasteiger partial charge in [0.15, 0.2) is 0 Å². The van der Waals surface area contributed by atoms with Crippen molar-refractivity contribution in [2.45, 2.75) is 23.6 Å². The Morgan fingerprint density at radius 2 is 0.826 bits per heavy atom. The fraction of sp³-hybridized carbons (Fsp3) is 0.176. The fourth-order valence-electron chi connectivity index (χ4n) is 4.43. The van der Waals surface area contributed by atoms with Crippen molar-refractivity contribution in [1.29, 1.82) is 0 Å². The van der Waals surface area contributed by atoms with Gasteiger partial charge in [0.25, 0.3) is 0 Å². The molecule has 0 aliphatic heterocycles. The minimum atomic E-state index is -3.81. The Morgan fingerprint density at radius 1 is 0.522 bits per heavy atom. The molecule has 46 heavy (non-hydrogen) atoms. The van der Waals surface area contributed by atoms with Crippen molar-refractivity contribution in [3.05, 3.63) is 156 Å². The summed E-state index contributed by atoms with van der Waals surface area (Å²) < 4.78 is 67.2. The van der Waals surface area contributed by atoms with Gasteiger partial charge in [-0.2, -0.15) is 0 Å². The molecule has 0 heterocycles. The third kappa shape index (κ3) is 11.7. The van der Waals surface area contributed by atoms with Crippen LogP contribution in [0.25, 0.3) is 0 Å². The molecule has 0 unspecified atom stereocenters. The van der Waals surface area contributed by atoms with Crippen molar-refractivity contribution < 1.29 is 35.9 Å². The Bertz CT molecular complexity index is 1670. The second kappa shape index (κ2) is 16.6. The third-order valence-corrected chi connectivity index (χ3v) is 9.30. The van der Waals surface area contributed by atoms with Gasteiger partial charge in [0.05, 0.1) is 23.6 Å². The zero-order valence-electron chi connectivity index (χ0n) is 24.8. The number of carbonyl (C=O) groups is 2. The van der Waals surface area contributed by atoms with Crippen LogP contribution in [0.1, 0.15) is 34.3 Å². The van der Waals surface area contributed by atoms with Crippen LogP contribution in [0.2, 0.25) is 0 Å². The minimum Gasteiger partial charge on any atom is -0.460 e. The summed E-state index contributed by atoms with van der Waals surface area (Å²) in [5.41, 5.74) is 2.35. The summed E-state index contributed by atoms with van der Waals surface area (Å²) in [6, 6.07) is 32.9. The van der Waals surface area contributed by atoms with E-state index in [1.807, 2.05) is 0 Å². The van der Waals surface area contributed by atoms with Crippen LogP contribution < -0.4 is 9.44 Å². The number of esters is 2. The van der Waals surface area contributed by atoms with Crippen molar-refractivity contribution in [2.75, 3.05) is 13.2 Å². The zero-order chi connectivity index (χ0) is 32.8. The maximum Gasteiger partial charge on any atom is 0.331 e. The van der Waals surface area contributed by atoms with Crippen LogP contribution in [0.4, 0.5) is 0 Å². The number of nitrogens with one attached hydrogen (secondary N) is 2. The third-order valence-electron chi connectivity index (χ3n) is 6.59. The number of rotatable bonds is 16. The molecule has 0 saturated heterocycles. The average Bonchev–Trinajstić information content (AvgIpc) is 3.05. The Kier molecular flexibility index (Phi) is 12.4. The van der Waals surface area contributed by atoms with Crippen LogP contribution >= 0.6 is 0 Å². The topological polar surface area (TPSA) is 145 Å². The maximum absolute atomic E-state index is 12.9. The maximum atomic E-state index is 12.9. The van der Waals surface area contributed by atoms with Crippen LogP contribution in [0.3, 0.4) is 0 Å². The second-order valence-electron chi connectivity index (χ2n) is 10.2. The standard InChI is InChI=1S/C34H34N2O8S2/c37-33(43-23-31(29-17-9-3-10-18-29)35-45(39,40)25-27-13-5-1-6-14-27)21-22-34(38)44-24-32(30-19-11-4-12-20-30)36-46(41,42)26-28-15-7-2-8-16-28/h1-22,31-32,35-36H,23-26H2/b22-21+/t31-,32-/m0/s1. The Balaban J connectivity index is 1.34. The van der Waals surface area contributed by atoms with Gasteiger partial charge in [-0.3, -0.25) is 0 Å². The van der Waals surface area contributed by atoms with Crippen LogP contribution in [0.15, 0.2) is 133 Å². The number of benzene rings is 4. The van der Waals surface area contributed by atoms with E-state index in [4.69, 9.17) is 9.47 Å². The molecule has 2 N–H and O–H groups in total. The van der Waals surface area contributed by atoms with Crippen LogP contribution in [0.5, 0.6) is 0 Å². The fourth-order valence-corrected chi connectivity index (χ4v) is 7.14. The summed E-state index contributed by atoms with van der Waals surface area (Å²) in [4.78, 5) is 25.0. The highest BCUT2D eigenvalue weighted by Gasteiger charge is 2.23. The number of sulfonamides is 2. The van der Waals surface area contributed by atoms with Gasteiger partial charge in [-0.25, -0.2) is 35.9 Å². The molecule has 0 spiro atoms. The van der Waals surface area contributed by atoms with Crippen molar-refractivity contribution in [2.24, 2.45) is 0 Å². The minimum absolute atomic E-state index is 0.261. The zero-order valence-corrected chi connectivity index (χ0v) is 26.4. The van der Waals surface area contributed by atoms with Gasteiger partial charge in [0.2, 0.25) is 20.0 Å². The van der Waals surface area contributed by atoms with E-state index in [9.17, 15) is 26.4 Å². The molecule has 4 aromatic rings. The smallest absolute Gasteiger partial charge is 0.331 e. The molecular weight excluding hydrogens is 629 g/mol. The van der Waals surface area contributed by atoms with Crippen molar-refractivity contribution in [3.63, 3.8) is 0 Å². The summed E-state index contributed by atoms with van der Waals surface area (Å²) in [7, 11) is -7.61. The number of hydrogen-bond acceptors (Lipinski definition) is 8. The molecule has 0 bridgehead atoms. The van der Waals surface area contributed by atoms with Gasteiger partial charge in [-0.1, -0.05) is 121 Å². The van der Waals surface area contributed by atoms with E-state index in [1.165, 1.54) is 0 Å². The van der Waals surface area contributed by atoms with Crippen LogP contribution in [0, 0.1) is 0 Å². The van der Waals surface area contributed by atoms with Crippen LogP contribution in [-0.4, -0.2) is 42.0 Å². The first-order valence-electron chi connectivity index (χ1n) is 14.3. The first-order valence-corrected chi connectivity index (χ1v) is 17.6. The van der Waals surface area contributed by atoms with Gasteiger partial charge in [0.1, 0.15) is 13.2 Å². The van der Waals surface area contributed by atoms with E-state index < -0.39 is 44.1 Å². The summed E-state index contributed by atoms with van der Waals surface area (Å²) in [5, 5.41) is 0. The molecule has 4 rings (SSSR count). The lowest BCUT2D eigenvalue weighted by Gasteiger charge is -2.19. The summed E-state index contributed by atoms with van der Waals surface area (Å²) in [5.74, 6) is -2.32. The Hall–Kier alpha value is -4.62. The molecule has 10 nitrogen and oxygen atoms in total. The molecule has 4 aromatic carbocycles. The molecule has 0 fully saturated rings. The molecule has 240 valence electrons. The van der Waals surface area contributed by atoms with E-state index in [2.05, 4.69) is 9.44 Å². The lowest BCUT2D eigenvalue weighted by molar-refractivity contribution is -0.141. The van der Waals surface area contributed by atoms with Crippen molar-refractivity contribution in [3.8, 4) is 0 Å². The summed E-state index contributed by atoms with van der Waals surface area (Å²) in [6.07, 6.45) is 1.72. The lowest BCUT2D eigenvalue weighted by Crippen LogP contribution is -2.33. The van der Waals surface area contributed by atoms with Gasteiger partial charge in [0, 0.05) is 12.2 Å². The summed E-state index contributed by atoms with van der Waals surface area (Å²) in [6.45, 7) is -0.676. The van der Waals surface area contributed by atoms with Crippen LogP contribution in [-0.2, 0) is 50.6 Å². The molecular formula is C34H34N2O8S2. The van der Waals surface area contributed by atoms with E-state index in [-0.39, 0.29) is 24.7 Å². The lowest BCUT2D eigenvalue weighted by atomic mass is 10.1. The largest absolute Gasteiger partial charge is 0.460 e. The molecule has 0 aliphatic rings. The molecule has 2 atom stereocenters. The predicted octanol–water partition coefficient (Wildman–Crippen LogP) is 4.35. The van der Waals surface area contributed by atoms with E-state index in [1.54, 1.807) is 121 Å². The molecule has 0 radical (unpaired) electrons. The second-order valence-corrected chi connectivity index (χ2v) is 13.8. The molecule has 0 aromatic heterocycles. The normalized spacial score (nSPS) is 13.1. The molecule has 0 amide bonds. The SMILES string of the molecule is O=C(/C=C/C(=O)OC[C@H](NS(=O)(=O)Cc1ccccc1)c1ccccc1)OC[C@H](NS(=O)(=O)Cc1ccccc1)c1ccccc1. The monoisotopic (exact) mass is 662 g/mol. The van der Waals surface area contributed by atoms with Crippen molar-refractivity contribution >= 4 is 32.0 Å². The number of ether oxygens (including phenoxy) is 2. The number of hydrogen-bond donors (Lipinski definition) is 2. The number of carbonyl (C=O) groups excluding carboxylic acids is 2. The van der Waals surface area contributed by atoms with Crippen molar-refractivity contribution in [1.82, 2.24) is 9.44 Å². The molecule has 0 aliphatic carbocycles. The Labute approximate surface area is 269 Å². The first-order chi connectivity index (χ1) is 22.1. The first kappa shape index (κ1) is 34.3. The highest BCUT2D eigenvalue weighted by molar-refractivity contribution is 7.89. The molecule has 0 saturated carbocycles. The predicted molar refractivity (Wildman–Crippen MR) is 174 cm³/mol. The van der Waals surface area contributed by atoms with E-state index >= 15 is 0 Å². The quantitative estimate of drug-likeness (QED) is 0.133. The van der Waals surface area contributed by atoms with Gasteiger partial charge < -0.3 is 9.47 Å². The van der Waals surface area contributed by atoms with E-state index in [0.717, 1.165) is 12.2 Å². The molecule has 12 heteroatoms. The van der Waals surface area contributed by atoms with E-state index in [0.29, 0.717) is 22.3 Å². The van der Waals surface area contributed by atoms with Gasteiger partial charge in [-0.15, -0.1) is 0 Å². The Morgan fingerprint density at radius 3 is 1.15 bits per heavy atom.